The third-order valence-corrected chi connectivity index (χ3v) is 5.55. The Labute approximate surface area is 125 Å². The second-order valence-corrected chi connectivity index (χ2v) is 7.25. The summed E-state index contributed by atoms with van der Waals surface area (Å²) in [4.78, 5) is 16.1. The number of nitrogens with one attached hydrogen (secondary N) is 1. The predicted molar refractivity (Wildman–Crippen MR) is 83.0 cm³/mol. The Balaban J connectivity index is 1.54. The fourth-order valence-electron chi connectivity index (χ4n) is 3.00. The molecule has 1 saturated heterocycles. The van der Waals surface area contributed by atoms with Gasteiger partial charge in [-0.25, -0.2) is 0 Å². The molecule has 4 heteroatoms. The molecule has 0 bridgehead atoms. The zero-order valence-electron chi connectivity index (χ0n) is 12.1. The number of carbonyl (C=O) groups is 1. The van der Waals surface area contributed by atoms with E-state index in [-0.39, 0.29) is 11.2 Å². The maximum Gasteiger partial charge on any atom is 0.234 e. The van der Waals surface area contributed by atoms with Crippen LogP contribution in [0.15, 0.2) is 29.2 Å². The summed E-state index contributed by atoms with van der Waals surface area (Å²) >= 11 is 1.71. The maximum atomic E-state index is 12.4. The van der Waals surface area contributed by atoms with Gasteiger partial charge in [0.2, 0.25) is 5.91 Å². The van der Waals surface area contributed by atoms with Crippen molar-refractivity contribution in [1.82, 2.24) is 10.2 Å². The van der Waals surface area contributed by atoms with Crippen molar-refractivity contribution < 1.29 is 4.79 Å². The van der Waals surface area contributed by atoms with Crippen LogP contribution in [0.25, 0.3) is 0 Å². The van der Waals surface area contributed by atoms with Crippen LogP contribution in [0.1, 0.15) is 25.8 Å². The monoisotopic (exact) mass is 290 g/mol. The second kappa shape index (κ2) is 5.78. The molecular formula is C16H22N2OS. The molecule has 0 aromatic heterocycles. The Morgan fingerprint density at radius 1 is 1.40 bits per heavy atom. The third-order valence-electron chi connectivity index (χ3n) is 4.24. The van der Waals surface area contributed by atoms with E-state index in [9.17, 15) is 4.79 Å². The van der Waals surface area contributed by atoms with Gasteiger partial charge in [0.1, 0.15) is 0 Å². The van der Waals surface area contributed by atoms with Gasteiger partial charge in [0.25, 0.3) is 0 Å². The lowest BCUT2D eigenvalue weighted by atomic mass is 10.1. The minimum atomic E-state index is 0.0560. The molecule has 1 N–H and O–H groups in total. The smallest absolute Gasteiger partial charge is 0.234 e. The number of carbonyl (C=O) groups excluding carboxylic acids is 1. The molecule has 108 valence electrons. The van der Waals surface area contributed by atoms with E-state index in [0.29, 0.717) is 12.1 Å². The molecule has 1 aromatic rings. The highest BCUT2D eigenvalue weighted by atomic mass is 32.2. The van der Waals surface area contributed by atoms with E-state index >= 15 is 0 Å². The minimum Gasteiger partial charge on any atom is -0.351 e. The molecule has 2 unspecified atom stereocenters. The first-order chi connectivity index (χ1) is 9.63. The first kappa shape index (κ1) is 14.0. The van der Waals surface area contributed by atoms with Crippen molar-refractivity contribution in [3.63, 3.8) is 0 Å². The molecule has 3 rings (SSSR count). The molecule has 0 saturated carbocycles. The SMILES string of the molecule is CC(C)N1CCC(NC(=O)C2Cc3ccccc3S2)C1. The molecule has 1 aromatic carbocycles. The zero-order valence-corrected chi connectivity index (χ0v) is 13.0. The topological polar surface area (TPSA) is 32.3 Å². The van der Waals surface area contributed by atoms with Gasteiger partial charge in [-0.05, 0) is 38.3 Å². The van der Waals surface area contributed by atoms with Crippen molar-refractivity contribution in [3.05, 3.63) is 29.8 Å². The van der Waals surface area contributed by atoms with Crippen LogP contribution in [0.2, 0.25) is 0 Å². The number of hydrogen-bond acceptors (Lipinski definition) is 3. The summed E-state index contributed by atoms with van der Waals surface area (Å²) in [6.07, 6.45) is 1.95. The first-order valence-electron chi connectivity index (χ1n) is 7.42. The van der Waals surface area contributed by atoms with Crippen LogP contribution in [0.5, 0.6) is 0 Å². The van der Waals surface area contributed by atoms with E-state index in [2.05, 4.69) is 42.3 Å². The normalized spacial score (nSPS) is 25.9. The van der Waals surface area contributed by atoms with Gasteiger partial charge in [-0.2, -0.15) is 0 Å². The molecule has 2 aliphatic rings. The van der Waals surface area contributed by atoms with Crippen molar-refractivity contribution in [2.45, 2.75) is 48.9 Å². The second-order valence-electron chi connectivity index (χ2n) is 6.00. The van der Waals surface area contributed by atoms with E-state index in [0.717, 1.165) is 25.9 Å². The maximum absolute atomic E-state index is 12.4. The van der Waals surface area contributed by atoms with Gasteiger partial charge >= 0.3 is 0 Å². The highest BCUT2D eigenvalue weighted by molar-refractivity contribution is 8.01. The van der Waals surface area contributed by atoms with Gasteiger partial charge in [0, 0.05) is 30.1 Å². The number of fused-ring (bicyclic) bond motifs is 1. The molecule has 2 aliphatic heterocycles. The van der Waals surface area contributed by atoms with Crippen molar-refractivity contribution in [2.75, 3.05) is 13.1 Å². The summed E-state index contributed by atoms with van der Waals surface area (Å²) in [5, 5.41) is 3.30. The molecule has 0 radical (unpaired) electrons. The Morgan fingerprint density at radius 3 is 2.90 bits per heavy atom. The van der Waals surface area contributed by atoms with Crippen LogP contribution in [0.3, 0.4) is 0 Å². The van der Waals surface area contributed by atoms with Crippen molar-refractivity contribution in [1.29, 1.82) is 0 Å². The van der Waals surface area contributed by atoms with Crippen LogP contribution in [-0.2, 0) is 11.2 Å². The summed E-state index contributed by atoms with van der Waals surface area (Å²) in [7, 11) is 0. The summed E-state index contributed by atoms with van der Waals surface area (Å²) in [6, 6.07) is 9.24. The standard InChI is InChI=1S/C16H22N2OS/c1-11(2)18-8-7-13(10-18)17-16(19)15-9-12-5-3-4-6-14(12)20-15/h3-6,11,13,15H,7-10H2,1-2H3,(H,17,19). The number of amides is 1. The largest absolute Gasteiger partial charge is 0.351 e. The van der Waals surface area contributed by atoms with E-state index in [1.54, 1.807) is 11.8 Å². The van der Waals surface area contributed by atoms with E-state index < -0.39 is 0 Å². The van der Waals surface area contributed by atoms with Gasteiger partial charge in [0.05, 0.1) is 5.25 Å². The van der Waals surface area contributed by atoms with Crippen LogP contribution in [0.4, 0.5) is 0 Å². The summed E-state index contributed by atoms with van der Waals surface area (Å²) in [5.74, 6) is 0.210. The quantitative estimate of drug-likeness (QED) is 0.927. The first-order valence-corrected chi connectivity index (χ1v) is 8.30. The Hall–Kier alpha value is -1.00. The van der Waals surface area contributed by atoms with E-state index in [1.165, 1.54) is 10.5 Å². The van der Waals surface area contributed by atoms with Crippen molar-refractivity contribution in [3.8, 4) is 0 Å². The van der Waals surface area contributed by atoms with Crippen LogP contribution < -0.4 is 5.32 Å². The number of thioether (sulfide) groups is 1. The minimum absolute atomic E-state index is 0.0560. The lowest BCUT2D eigenvalue weighted by Gasteiger charge is -2.21. The van der Waals surface area contributed by atoms with Gasteiger partial charge in [0.15, 0.2) is 0 Å². The predicted octanol–water partition coefficient (Wildman–Crippen LogP) is 2.30. The number of likely N-dealkylation sites (tertiary alicyclic amines) is 1. The highest BCUT2D eigenvalue weighted by Gasteiger charge is 2.31. The van der Waals surface area contributed by atoms with Crippen LogP contribution >= 0.6 is 11.8 Å². The fourth-order valence-corrected chi connectivity index (χ4v) is 4.20. The number of hydrogen-bond donors (Lipinski definition) is 1. The fraction of sp³-hybridized carbons (Fsp3) is 0.562. The van der Waals surface area contributed by atoms with Gasteiger partial charge in [-0.15, -0.1) is 11.8 Å². The number of benzene rings is 1. The number of nitrogens with zero attached hydrogens (tertiary/aromatic N) is 1. The van der Waals surface area contributed by atoms with Gasteiger partial charge in [-0.1, -0.05) is 18.2 Å². The molecule has 3 nitrogen and oxygen atoms in total. The molecule has 0 aliphatic carbocycles. The molecule has 2 heterocycles. The van der Waals surface area contributed by atoms with Gasteiger partial charge in [-0.3, -0.25) is 9.69 Å². The number of rotatable bonds is 3. The van der Waals surface area contributed by atoms with E-state index in [1.807, 2.05) is 6.07 Å². The third kappa shape index (κ3) is 2.86. The Morgan fingerprint density at radius 2 is 2.20 bits per heavy atom. The van der Waals surface area contributed by atoms with E-state index in [4.69, 9.17) is 0 Å². The molecule has 20 heavy (non-hydrogen) atoms. The summed E-state index contributed by atoms with van der Waals surface area (Å²) in [6.45, 7) is 6.52. The molecule has 2 atom stereocenters. The highest BCUT2D eigenvalue weighted by Crippen LogP contribution is 2.36. The van der Waals surface area contributed by atoms with Crippen LogP contribution in [0, 0.1) is 0 Å². The van der Waals surface area contributed by atoms with Crippen molar-refractivity contribution in [2.24, 2.45) is 0 Å². The summed E-state index contributed by atoms with van der Waals surface area (Å²) < 4.78 is 0. The molecular weight excluding hydrogens is 268 g/mol. The summed E-state index contributed by atoms with van der Waals surface area (Å²) in [5.41, 5.74) is 1.31. The lowest BCUT2D eigenvalue weighted by Crippen LogP contribution is -2.42. The Kier molecular flexibility index (Phi) is 4.03. The Bertz CT molecular complexity index is 478. The van der Waals surface area contributed by atoms with Crippen molar-refractivity contribution >= 4 is 17.7 Å². The lowest BCUT2D eigenvalue weighted by molar-refractivity contribution is -0.121. The average Bonchev–Trinajstić information content (AvgIpc) is 3.04. The molecule has 1 fully saturated rings. The van der Waals surface area contributed by atoms with Crippen LogP contribution in [-0.4, -0.2) is 41.2 Å². The van der Waals surface area contributed by atoms with Gasteiger partial charge < -0.3 is 5.32 Å². The molecule has 1 amide bonds. The molecule has 0 spiro atoms. The average molecular weight is 290 g/mol. The zero-order chi connectivity index (χ0) is 14.1.